The predicted octanol–water partition coefficient (Wildman–Crippen LogP) is 3.49. The summed E-state index contributed by atoms with van der Waals surface area (Å²) in [6.45, 7) is 1.47. The van der Waals surface area contributed by atoms with Crippen LogP contribution >= 0.6 is 0 Å². The van der Waals surface area contributed by atoms with Crippen LogP contribution in [0.1, 0.15) is 24.0 Å². The smallest absolute Gasteiger partial charge is 0.221 e. The first-order valence-electron chi connectivity index (χ1n) is 6.50. The van der Waals surface area contributed by atoms with Gasteiger partial charge in [0.05, 0.1) is 12.0 Å². The molecule has 0 aromatic heterocycles. The molecule has 0 aliphatic rings. The molecule has 2 aromatic carbocycles. The lowest BCUT2D eigenvalue weighted by Crippen LogP contribution is -2.10. The molecular formula is C17H16N2O. The number of nitrogens with zero attached hydrogens (tertiary/aromatic N) is 1. The summed E-state index contributed by atoms with van der Waals surface area (Å²) >= 11 is 0. The van der Waals surface area contributed by atoms with Crippen LogP contribution in [0.3, 0.4) is 0 Å². The van der Waals surface area contributed by atoms with Crippen molar-refractivity contribution in [1.29, 1.82) is 5.26 Å². The lowest BCUT2D eigenvalue weighted by molar-refractivity contribution is -0.114. The maximum absolute atomic E-state index is 11.2. The molecule has 0 bridgehead atoms. The topological polar surface area (TPSA) is 52.9 Å². The molecule has 0 unspecified atom stereocenters. The van der Waals surface area contributed by atoms with Crippen LogP contribution in [-0.4, -0.2) is 5.91 Å². The van der Waals surface area contributed by atoms with Crippen LogP contribution in [0.4, 0.5) is 5.69 Å². The van der Waals surface area contributed by atoms with Crippen molar-refractivity contribution in [2.24, 2.45) is 0 Å². The number of amides is 1. The fourth-order valence-corrected chi connectivity index (χ4v) is 2.18. The van der Waals surface area contributed by atoms with Gasteiger partial charge in [0.1, 0.15) is 0 Å². The van der Waals surface area contributed by atoms with Crippen LogP contribution in [0.2, 0.25) is 0 Å². The Morgan fingerprint density at radius 3 is 2.45 bits per heavy atom. The first kappa shape index (κ1) is 13.8. The molecule has 0 aliphatic heterocycles. The number of carbonyl (C=O) groups excluding carboxylic acids is 1. The van der Waals surface area contributed by atoms with Crippen molar-refractivity contribution in [3.8, 4) is 6.07 Å². The molecule has 20 heavy (non-hydrogen) atoms. The molecule has 2 aromatic rings. The Hall–Kier alpha value is -2.60. The number of rotatable bonds is 4. The Morgan fingerprint density at radius 2 is 1.80 bits per heavy atom. The van der Waals surface area contributed by atoms with E-state index >= 15 is 0 Å². The van der Waals surface area contributed by atoms with Crippen molar-refractivity contribution >= 4 is 11.6 Å². The van der Waals surface area contributed by atoms with E-state index in [0.717, 1.165) is 11.1 Å². The maximum Gasteiger partial charge on any atom is 0.221 e. The zero-order valence-corrected chi connectivity index (χ0v) is 11.3. The Balaban J connectivity index is 2.28. The SMILES string of the molecule is CC(=O)Nc1ccccc1[C@@H](C#N)Cc1ccccc1. The molecular weight excluding hydrogens is 248 g/mol. The highest BCUT2D eigenvalue weighted by Gasteiger charge is 2.15. The molecule has 0 heterocycles. The molecule has 2 rings (SSSR count). The summed E-state index contributed by atoms with van der Waals surface area (Å²) in [5, 5.41) is 12.2. The summed E-state index contributed by atoms with van der Waals surface area (Å²) in [6, 6.07) is 19.7. The van der Waals surface area contributed by atoms with E-state index in [9.17, 15) is 10.1 Å². The number of nitriles is 1. The van der Waals surface area contributed by atoms with Crippen LogP contribution in [0.25, 0.3) is 0 Å². The maximum atomic E-state index is 11.2. The summed E-state index contributed by atoms with van der Waals surface area (Å²) in [5.74, 6) is -0.408. The van der Waals surface area contributed by atoms with E-state index < -0.39 is 0 Å². The molecule has 1 N–H and O–H groups in total. The van der Waals surface area contributed by atoms with E-state index in [1.165, 1.54) is 6.92 Å². The third-order valence-electron chi connectivity index (χ3n) is 3.09. The molecule has 3 nitrogen and oxygen atoms in total. The Kier molecular flexibility index (Phi) is 4.52. The van der Waals surface area contributed by atoms with Crippen molar-refractivity contribution in [2.45, 2.75) is 19.3 Å². The van der Waals surface area contributed by atoms with E-state index in [0.29, 0.717) is 12.1 Å². The summed E-state index contributed by atoms with van der Waals surface area (Å²) in [6.07, 6.45) is 0.633. The minimum Gasteiger partial charge on any atom is -0.326 e. The van der Waals surface area contributed by atoms with Gasteiger partial charge in [0.25, 0.3) is 0 Å². The molecule has 0 saturated carbocycles. The quantitative estimate of drug-likeness (QED) is 0.919. The van der Waals surface area contributed by atoms with Crippen LogP contribution in [-0.2, 0) is 11.2 Å². The second-order valence-electron chi connectivity index (χ2n) is 4.64. The molecule has 1 amide bonds. The number of hydrogen-bond acceptors (Lipinski definition) is 2. The van der Waals surface area contributed by atoms with E-state index in [-0.39, 0.29) is 11.8 Å². The lowest BCUT2D eigenvalue weighted by Gasteiger charge is -2.14. The van der Waals surface area contributed by atoms with Gasteiger partial charge in [0, 0.05) is 12.6 Å². The van der Waals surface area contributed by atoms with Crippen molar-refractivity contribution in [3.63, 3.8) is 0 Å². The normalized spacial score (nSPS) is 11.4. The fourth-order valence-electron chi connectivity index (χ4n) is 2.18. The van der Waals surface area contributed by atoms with Gasteiger partial charge < -0.3 is 5.32 Å². The molecule has 0 aliphatic carbocycles. The van der Waals surface area contributed by atoms with Crippen LogP contribution in [0.5, 0.6) is 0 Å². The van der Waals surface area contributed by atoms with Crippen molar-refractivity contribution < 1.29 is 4.79 Å². The second-order valence-corrected chi connectivity index (χ2v) is 4.64. The van der Waals surface area contributed by atoms with Crippen molar-refractivity contribution in [1.82, 2.24) is 0 Å². The number of hydrogen-bond donors (Lipinski definition) is 1. The number of nitrogens with one attached hydrogen (secondary N) is 1. The van der Waals surface area contributed by atoms with Gasteiger partial charge in [0.2, 0.25) is 5.91 Å². The van der Waals surface area contributed by atoms with Gasteiger partial charge in [-0.1, -0.05) is 48.5 Å². The number of para-hydroxylation sites is 1. The van der Waals surface area contributed by atoms with Gasteiger partial charge in [-0.3, -0.25) is 4.79 Å². The van der Waals surface area contributed by atoms with E-state index in [1.807, 2.05) is 54.6 Å². The molecule has 1 atom stereocenters. The molecule has 100 valence electrons. The Bertz CT molecular complexity index is 629. The first-order chi connectivity index (χ1) is 9.70. The second kappa shape index (κ2) is 6.53. The van der Waals surface area contributed by atoms with E-state index in [2.05, 4.69) is 11.4 Å². The predicted molar refractivity (Wildman–Crippen MR) is 79.2 cm³/mol. The van der Waals surface area contributed by atoms with E-state index in [1.54, 1.807) is 0 Å². The summed E-state index contributed by atoms with van der Waals surface area (Å²) in [7, 11) is 0. The van der Waals surface area contributed by atoms with Gasteiger partial charge >= 0.3 is 0 Å². The van der Waals surface area contributed by atoms with Crippen LogP contribution < -0.4 is 5.32 Å². The molecule has 0 fully saturated rings. The van der Waals surface area contributed by atoms with Gasteiger partial charge in [-0.25, -0.2) is 0 Å². The first-order valence-corrected chi connectivity index (χ1v) is 6.50. The summed E-state index contributed by atoms with van der Waals surface area (Å²) < 4.78 is 0. The summed E-state index contributed by atoms with van der Waals surface area (Å²) in [4.78, 5) is 11.2. The lowest BCUT2D eigenvalue weighted by atomic mass is 9.92. The Labute approximate surface area is 118 Å². The highest BCUT2D eigenvalue weighted by molar-refractivity contribution is 5.89. The average Bonchev–Trinajstić information content (AvgIpc) is 2.46. The molecule has 0 radical (unpaired) electrons. The van der Waals surface area contributed by atoms with Gasteiger partial charge in [-0.2, -0.15) is 5.26 Å². The highest BCUT2D eigenvalue weighted by atomic mass is 16.1. The average molecular weight is 264 g/mol. The standard InChI is InChI=1S/C17H16N2O/c1-13(20)19-17-10-6-5-9-16(17)15(12-18)11-14-7-3-2-4-8-14/h2-10,15H,11H2,1H3,(H,19,20)/t15-/m1/s1. The highest BCUT2D eigenvalue weighted by Crippen LogP contribution is 2.27. The minimum atomic E-state index is -0.277. The number of carbonyl (C=O) groups is 1. The van der Waals surface area contributed by atoms with Crippen molar-refractivity contribution in [3.05, 3.63) is 65.7 Å². The molecule has 3 heteroatoms. The monoisotopic (exact) mass is 264 g/mol. The minimum absolute atomic E-state index is 0.131. The van der Waals surface area contributed by atoms with Gasteiger partial charge in [-0.05, 0) is 23.6 Å². The third-order valence-corrected chi connectivity index (χ3v) is 3.09. The fraction of sp³-hybridized carbons (Fsp3) is 0.176. The van der Waals surface area contributed by atoms with Crippen LogP contribution in [0.15, 0.2) is 54.6 Å². The third kappa shape index (κ3) is 3.46. The van der Waals surface area contributed by atoms with Gasteiger partial charge in [-0.15, -0.1) is 0 Å². The Morgan fingerprint density at radius 1 is 1.15 bits per heavy atom. The molecule has 0 spiro atoms. The van der Waals surface area contributed by atoms with Crippen molar-refractivity contribution in [2.75, 3.05) is 5.32 Å². The van der Waals surface area contributed by atoms with Gasteiger partial charge in [0.15, 0.2) is 0 Å². The zero-order valence-electron chi connectivity index (χ0n) is 11.3. The number of benzene rings is 2. The summed E-state index contributed by atoms with van der Waals surface area (Å²) in [5.41, 5.74) is 2.67. The van der Waals surface area contributed by atoms with E-state index in [4.69, 9.17) is 0 Å². The largest absolute Gasteiger partial charge is 0.326 e. The van der Waals surface area contributed by atoms with Crippen LogP contribution in [0, 0.1) is 11.3 Å². The molecule has 0 saturated heterocycles. The zero-order chi connectivity index (χ0) is 14.4. The number of anilines is 1.